The van der Waals surface area contributed by atoms with E-state index in [0.29, 0.717) is 0 Å². The van der Waals surface area contributed by atoms with Gasteiger partial charge in [0.25, 0.3) is 0 Å². The first-order valence-corrected chi connectivity index (χ1v) is 3.21. The van der Waals surface area contributed by atoms with Gasteiger partial charge in [0, 0.05) is 0 Å². The van der Waals surface area contributed by atoms with Gasteiger partial charge in [0.15, 0.2) is 0 Å². The standard InChI is InChI=1S/C7H5O.3ClH.Cr/c8-6-7-4-2-1-3-5-7;;;;/h1-5H;3*1H;. The van der Waals surface area contributed by atoms with E-state index in [2.05, 4.69) is 16.3 Å². The summed E-state index contributed by atoms with van der Waals surface area (Å²) in [6.45, 7) is 0. The minimum atomic E-state index is -0.00407. The van der Waals surface area contributed by atoms with E-state index >= 15 is 0 Å². The molecule has 0 N–H and O–H groups in total. The summed E-state index contributed by atoms with van der Waals surface area (Å²) in [5.74, 6) is 0. The summed E-state index contributed by atoms with van der Waals surface area (Å²) < 4.78 is -0.00407. The SMILES string of the molecule is Cl.Cl.Cl.O=[C]([Cr])c1ccccc1. The van der Waals surface area contributed by atoms with Crippen LogP contribution in [0.2, 0.25) is 0 Å². The molecule has 0 atom stereocenters. The molecule has 0 saturated carbocycles. The van der Waals surface area contributed by atoms with Crippen LogP contribution >= 0.6 is 37.2 Å². The number of carbonyl (C=O) groups excluding carboxylic acids is 1. The number of carbonyl (C=O) groups is 1. The average Bonchev–Trinajstić information content (AvgIpc) is 1.90. The van der Waals surface area contributed by atoms with Gasteiger partial charge in [-0.1, -0.05) is 0 Å². The van der Waals surface area contributed by atoms with Gasteiger partial charge in [-0.15, -0.1) is 37.2 Å². The van der Waals surface area contributed by atoms with Gasteiger partial charge < -0.3 is 0 Å². The van der Waals surface area contributed by atoms with Crippen molar-refractivity contribution in [2.24, 2.45) is 0 Å². The Balaban J connectivity index is -0.000000270. The van der Waals surface area contributed by atoms with Gasteiger partial charge in [-0.05, 0) is 0 Å². The first kappa shape index (κ1) is 18.2. The second-order valence-electron chi connectivity index (χ2n) is 1.65. The molecule has 0 aromatic heterocycles. The van der Waals surface area contributed by atoms with Gasteiger partial charge in [-0.3, -0.25) is 0 Å². The molecule has 1 aromatic carbocycles. The van der Waals surface area contributed by atoms with Gasteiger partial charge in [-0.25, -0.2) is 0 Å². The summed E-state index contributed by atoms with van der Waals surface area (Å²) in [5.41, 5.74) is 0.720. The normalized spacial score (nSPS) is 6.67. The van der Waals surface area contributed by atoms with Gasteiger partial charge in [0.2, 0.25) is 0 Å². The van der Waals surface area contributed by atoms with Crippen molar-refractivity contribution in [3.8, 4) is 0 Å². The van der Waals surface area contributed by atoms with Gasteiger partial charge in [0.05, 0.1) is 0 Å². The van der Waals surface area contributed by atoms with Crippen molar-refractivity contribution >= 4 is 41.9 Å². The number of rotatable bonds is 1. The second-order valence-corrected chi connectivity index (χ2v) is 2.23. The molecule has 0 bridgehead atoms. The van der Waals surface area contributed by atoms with Crippen molar-refractivity contribution in [2.75, 3.05) is 0 Å². The topological polar surface area (TPSA) is 17.1 Å². The van der Waals surface area contributed by atoms with Crippen molar-refractivity contribution in [3.05, 3.63) is 35.9 Å². The summed E-state index contributed by atoms with van der Waals surface area (Å²) in [7, 11) is 0. The zero-order valence-electron chi connectivity index (χ0n) is 5.93. The molecule has 69 valence electrons. The average molecular weight is 266 g/mol. The number of hydrogen-bond donors (Lipinski definition) is 0. The molecule has 12 heavy (non-hydrogen) atoms. The number of hydrogen-bond acceptors (Lipinski definition) is 1. The van der Waals surface area contributed by atoms with E-state index in [-0.39, 0.29) is 41.9 Å². The van der Waals surface area contributed by atoms with Crippen LogP contribution in [0, 0.1) is 0 Å². The molecule has 0 amide bonds. The van der Waals surface area contributed by atoms with Crippen LogP contribution < -0.4 is 0 Å². The Hall–Kier alpha value is 0.292. The Morgan fingerprint density at radius 3 is 1.67 bits per heavy atom. The van der Waals surface area contributed by atoms with Crippen LogP contribution in [-0.2, 0) is 16.3 Å². The molecule has 1 aromatic rings. The third kappa shape index (κ3) is 5.88. The summed E-state index contributed by atoms with van der Waals surface area (Å²) in [4.78, 5) is 10.6. The first-order chi connectivity index (χ1) is 4.30. The van der Waals surface area contributed by atoms with E-state index < -0.39 is 0 Å². The van der Waals surface area contributed by atoms with Gasteiger partial charge in [0.1, 0.15) is 0 Å². The van der Waals surface area contributed by atoms with Gasteiger partial charge in [-0.2, -0.15) is 0 Å². The molecular weight excluding hydrogens is 258 g/mol. The first-order valence-electron chi connectivity index (χ1n) is 2.57. The zero-order chi connectivity index (χ0) is 6.69. The fourth-order valence-corrected chi connectivity index (χ4v) is 0.787. The van der Waals surface area contributed by atoms with Crippen molar-refractivity contribution in [3.63, 3.8) is 0 Å². The molecule has 1 nitrogen and oxygen atoms in total. The third-order valence-electron chi connectivity index (χ3n) is 1.01. The molecule has 0 fully saturated rings. The Morgan fingerprint density at radius 1 is 1.00 bits per heavy atom. The molecule has 0 radical (unpaired) electrons. The van der Waals surface area contributed by atoms with E-state index in [1.807, 2.05) is 18.2 Å². The van der Waals surface area contributed by atoms with Crippen LogP contribution in [0.5, 0.6) is 0 Å². The Kier molecular flexibility index (Phi) is 14.2. The van der Waals surface area contributed by atoms with Crippen LogP contribution in [0.4, 0.5) is 0 Å². The molecule has 0 heterocycles. The minimum absolute atomic E-state index is 0. The molecule has 0 aliphatic rings. The number of halogens is 3. The molecule has 1 rings (SSSR count). The van der Waals surface area contributed by atoms with E-state index in [9.17, 15) is 4.79 Å². The van der Waals surface area contributed by atoms with Crippen LogP contribution in [0.3, 0.4) is 0 Å². The second kappa shape index (κ2) is 9.38. The fourth-order valence-electron chi connectivity index (χ4n) is 0.574. The van der Waals surface area contributed by atoms with Crippen molar-refractivity contribution in [1.82, 2.24) is 0 Å². The monoisotopic (exact) mass is 265 g/mol. The molecule has 0 unspecified atom stereocenters. The van der Waals surface area contributed by atoms with Crippen LogP contribution in [0.15, 0.2) is 30.3 Å². The third-order valence-corrected chi connectivity index (χ3v) is 1.38. The predicted octanol–water partition coefficient (Wildman–Crippen LogP) is 2.64. The molecule has 5 heteroatoms. The molecule has 0 saturated heterocycles. The van der Waals surface area contributed by atoms with E-state index in [4.69, 9.17) is 0 Å². The maximum atomic E-state index is 10.6. The molecular formula is C7H8Cl3CrO. The zero-order valence-corrected chi connectivity index (χ0v) is 9.65. The Bertz CT molecular complexity index is 215. The molecule has 0 aliphatic carbocycles. The summed E-state index contributed by atoms with van der Waals surface area (Å²) in [6, 6.07) is 9.11. The summed E-state index contributed by atoms with van der Waals surface area (Å²) >= 11 is 2.42. The van der Waals surface area contributed by atoms with Crippen molar-refractivity contribution < 1.29 is 21.1 Å². The quantitative estimate of drug-likeness (QED) is 0.764. The van der Waals surface area contributed by atoms with E-state index in [1.54, 1.807) is 12.1 Å². The summed E-state index contributed by atoms with van der Waals surface area (Å²) in [6.07, 6.45) is 0. The van der Waals surface area contributed by atoms with Gasteiger partial charge >= 0.3 is 61.6 Å². The van der Waals surface area contributed by atoms with Crippen LogP contribution in [0.1, 0.15) is 10.4 Å². The van der Waals surface area contributed by atoms with Crippen molar-refractivity contribution in [1.29, 1.82) is 0 Å². The van der Waals surface area contributed by atoms with E-state index in [0.717, 1.165) is 5.56 Å². The molecule has 0 spiro atoms. The van der Waals surface area contributed by atoms with Crippen LogP contribution in [0.25, 0.3) is 0 Å². The van der Waals surface area contributed by atoms with Crippen molar-refractivity contribution in [2.45, 2.75) is 0 Å². The van der Waals surface area contributed by atoms with Crippen LogP contribution in [-0.4, -0.2) is 4.65 Å². The summed E-state index contributed by atoms with van der Waals surface area (Å²) in [5, 5.41) is 0. The fraction of sp³-hybridized carbons (Fsp3) is 0. The Labute approximate surface area is 98.6 Å². The maximum absolute atomic E-state index is 10.6. The Morgan fingerprint density at radius 2 is 1.42 bits per heavy atom. The number of benzene rings is 1. The molecule has 0 aliphatic heterocycles. The van der Waals surface area contributed by atoms with E-state index in [1.165, 1.54) is 0 Å². The predicted molar refractivity (Wildman–Crippen MR) is 52.5 cm³/mol.